The molecular formula is C18H29NO. The number of nitrogens with one attached hydrogen (secondary N) is 1. The summed E-state index contributed by atoms with van der Waals surface area (Å²) < 4.78 is 5.35. The molecule has 0 saturated heterocycles. The first-order valence-corrected chi connectivity index (χ1v) is 8.17. The highest BCUT2D eigenvalue weighted by Crippen LogP contribution is 2.32. The molecule has 0 heterocycles. The first-order valence-electron chi connectivity index (χ1n) is 8.17. The minimum Gasteiger partial charge on any atom is -0.497 e. The van der Waals surface area contributed by atoms with Crippen LogP contribution in [0.2, 0.25) is 0 Å². The molecular weight excluding hydrogens is 246 g/mol. The summed E-state index contributed by atoms with van der Waals surface area (Å²) >= 11 is 0. The molecule has 0 bridgehead atoms. The van der Waals surface area contributed by atoms with E-state index in [1.54, 1.807) is 7.11 Å². The van der Waals surface area contributed by atoms with Crippen molar-refractivity contribution >= 4 is 0 Å². The van der Waals surface area contributed by atoms with E-state index in [1.165, 1.54) is 44.1 Å². The van der Waals surface area contributed by atoms with Gasteiger partial charge >= 0.3 is 0 Å². The molecule has 0 spiro atoms. The minimum absolute atomic E-state index is 0.766. The molecule has 2 nitrogen and oxygen atoms in total. The van der Waals surface area contributed by atoms with E-state index >= 15 is 0 Å². The second-order valence-corrected chi connectivity index (χ2v) is 6.02. The Morgan fingerprint density at radius 1 is 1.25 bits per heavy atom. The summed E-state index contributed by atoms with van der Waals surface area (Å²) in [6.45, 7) is 4.42. The second kappa shape index (κ2) is 8.31. The van der Waals surface area contributed by atoms with Crippen molar-refractivity contribution in [1.29, 1.82) is 0 Å². The normalized spacial score (nSPS) is 17.9. The zero-order valence-electron chi connectivity index (χ0n) is 13.0. The Labute approximate surface area is 123 Å². The van der Waals surface area contributed by atoms with Crippen molar-refractivity contribution in [3.63, 3.8) is 0 Å². The van der Waals surface area contributed by atoms with Crippen molar-refractivity contribution in [2.75, 3.05) is 20.2 Å². The van der Waals surface area contributed by atoms with Crippen LogP contribution in [0, 0.1) is 11.8 Å². The van der Waals surface area contributed by atoms with Crippen molar-refractivity contribution in [3.8, 4) is 5.75 Å². The summed E-state index contributed by atoms with van der Waals surface area (Å²) in [5.41, 5.74) is 1.41. The summed E-state index contributed by atoms with van der Waals surface area (Å²) in [6.07, 6.45) is 8.29. The maximum absolute atomic E-state index is 5.35. The van der Waals surface area contributed by atoms with Crippen molar-refractivity contribution in [2.24, 2.45) is 11.8 Å². The van der Waals surface area contributed by atoms with Crippen LogP contribution in [0.15, 0.2) is 24.3 Å². The Morgan fingerprint density at radius 3 is 2.75 bits per heavy atom. The van der Waals surface area contributed by atoms with Crippen LogP contribution in [0.3, 0.4) is 0 Å². The molecule has 0 aliphatic heterocycles. The van der Waals surface area contributed by atoms with E-state index in [-0.39, 0.29) is 0 Å². The van der Waals surface area contributed by atoms with Gasteiger partial charge in [0.15, 0.2) is 0 Å². The van der Waals surface area contributed by atoms with Crippen LogP contribution in [-0.2, 0) is 6.42 Å². The average molecular weight is 275 g/mol. The quantitative estimate of drug-likeness (QED) is 0.811. The first-order chi connectivity index (χ1) is 9.83. The van der Waals surface area contributed by atoms with Gasteiger partial charge in [-0.3, -0.25) is 0 Å². The zero-order chi connectivity index (χ0) is 14.2. The van der Waals surface area contributed by atoms with E-state index in [0.717, 1.165) is 30.7 Å². The zero-order valence-corrected chi connectivity index (χ0v) is 13.0. The van der Waals surface area contributed by atoms with E-state index in [9.17, 15) is 0 Å². The Hall–Kier alpha value is -1.02. The molecule has 112 valence electrons. The van der Waals surface area contributed by atoms with Crippen molar-refractivity contribution < 1.29 is 4.74 Å². The standard InChI is InChI=1S/C18H29NO/c1-3-19-14-17(16-9-5-4-6-10-16)12-15-8-7-11-18(13-15)20-2/h7-8,11,13,16-17,19H,3-6,9-10,12,14H2,1-2H3. The lowest BCUT2D eigenvalue weighted by atomic mass is 9.77. The predicted molar refractivity (Wildman–Crippen MR) is 85.3 cm³/mol. The van der Waals surface area contributed by atoms with Crippen LogP contribution in [0.1, 0.15) is 44.6 Å². The smallest absolute Gasteiger partial charge is 0.119 e. The van der Waals surface area contributed by atoms with E-state index in [2.05, 4.69) is 30.4 Å². The van der Waals surface area contributed by atoms with Crippen molar-refractivity contribution in [1.82, 2.24) is 5.32 Å². The molecule has 2 rings (SSSR count). The van der Waals surface area contributed by atoms with Gasteiger partial charge in [-0.05, 0) is 49.0 Å². The fraction of sp³-hybridized carbons (Fsp3) is 0.667. The molecule has 1 aromatic rings. The highest BCUT2D eigenvalue weighted by molar-refractivity contribution is 5.28. The third kappa shape index (κ3) is 4.52. The Bertz CT molecular complexity index is 385. The fourth-order valence-corrected chi connectivity index (χ4v) is 3.44. The second-order valence-electron chi connectivity index (χ2n) is 6.02. The molecule has 20 heavy (non-hydrogen) atoms. The maximum Gasteiger partial charge on any atom is 0.119 e. The molecule has 1 atom stereocenters. The van der Waals surface area contributed by atoms with Gasteiger partial charge < -0.3 is 10.1 Å². The van der Waals surface area contributed by atoms with Gasteiger partial charge in [0.05, 0.1) is 7.11 Å². The molecule has 0 amide bonds. The number of benzene rings is 1. The molecule has 1 fully saturated rings. The monoisotopic (exact) mass is 275 g/mol. The third-order valence-corrected chi connectivity index (χ3v) is 4.61. The molecule has 1 unspecified atom stereocenters. The summed E-state index contributed by atoms with van der Waals surface area (Å²) in [5, 5.41) is 3.56. The molecule has 1 aliphatic rings. The van der Waals surface area contributed by atoms with E-state index < -0.39 is 0 Å². The SMILES string of the molecule is CCNCC(Cc1cccc(OC)c1)C1CCCCC1. The molecule has 2 heteroatoms. The van der Waals surface area contributed by atoms with Crippen LogP contribution in [0.25, 0.3) is 0 Å². The Balaban J connectivity index is 2.01. The number of ether oxygens (including phenoxy) is 1. The van der Waals surface area contributed by atoms with Crippen LogP contribution >= 0.6 is 0 Å². The van der Waals surface area contributed by atoms with E-state index in [0.29, 0.717) is 0 Å². The van der Waals surface area contributed by atoms with E-state index in [4.69, 9.17) is 4.74 Å². The molecule has 0 radical (unpaired) electrons. The van der Waals surface area contributed by atoms with Crippen LogP contribution < -0.4 is 10.1 Å². The van der Waals surface area contributed by atoms with Gasteiger partial charge in [-0.1, -0.05) is 51.2 Å². The number of hydrogen-bond donors (Lipinski definition) is 1. The lowest BCUT2D eigenvalue weighted by Gasteiger charge is -2.30. The largest absolute Gasteiger partial charge is 0.497 e. The number of rotatable bonds is 7. The maximum atomic E-state index is 5.35. The number of hydrogen-bond acceptors (Lipinski definition) is 2. The number of methoxy groups -OCH3 is 1. The van der Waals surface area contributed by atoms with E-state index in [1.807, 2.05) is 6.07 Å². The van der Waals surface area contributed by atoms with Crippen LogP contribution in [0.4, 0.5) is 0 Å². The molecule has 1 aromatic carbocycles. The van der Waals surface area contributed by atoms with Crippen molar-refractivity contribution in [2.45, 2.75) is 45.4 Å². The Kier molecular flexibility index (Phi) is 6.38. The minimum atomic E-state index is 0.766. The molecule has 1 N–H and O–H groups in total. The summed E-state index contributed by atoms with van der Waals surface area (Å²) in [6, 6.07) is 8.58. The summed E-state index contributed by atoms with van der Waals surface area (Å²) in [5.74, 6) is 2.64. The topological polar surface area (TPSA) is 21.3 Å². The van der Waals surface area contributed by atoms with Crippen LogP contribution in [-0.4, -0.2) is 20.2 Å². The molecule has 1 saturated carbocycles. The van der Waals surface area contributed by atoms with Gasteiger partial charge in [0.1, 0.15) is 5.75 Å². The van der Waals surface area contributed by atoms with Gasteiger partial charge in [0, 0.05) is 0 Å². The lowest BCUT2D eigenvalue weighted by Crippen LogP contribution is -2.31. The lowest BCUT2D eigenvalue weighted by molar-refractivity contribution is 0.240. The summed E-state index contributed by atoms with van der Waals surface area (Å²) in [4.78, 5) is 0. The van der Waals surface area contributed by atoms with Crippen molar-refractivity contribution in [3.05, 3.63) is 29.8 Å². The van der Waals surface area contributed by atoms with Gasteiger partial charge in [0.2, 0.25) is 0 Å². The summed E-state index contributed by atoms with van der Waals surface area (Å²) in [7, 11) is 1.75. The predicted octanol–water partition coefficient (Wildman–Crippen LogP) is 4.04. The Morgan fingerprint density at radius 2 is 2.05 bits per heavy atom. The van der Waals surface area contributed by atoms with Gasteiger partial charge in [-0.15, -0.1) is 0 Å². The van der Waals surface area contributed by atoms with Gasteiger partial charge in [0.25, 0.3) is 0 Å². The third-order valence-electron chi connectivity index (χ3n) is 4.61. The highest BCUT2D eigenvalue weighted by atomic mass is 16.5. The highest BCUT2D eigenvalue weighted by Gasteiger charge is 2.23. The molecule has 1 aliphatic carbocycles. The van der Waals surface area contributed by atoms with Gasteiger partial charge in [-0.25, -0.2) is 0 Å². The molecule has 0 aromatic heterocycles. The average Bonchev–Trinajstić information content (AvgIpc) is 2.52. The first kappa shape index (κ1) is 15.4. The van der Waals surface area contributed by atoms with Gasteiger partial charge in [-0.2, -0.15) is 0 Å². The van der Waals surface area contributed by atoms with Crippen LogP contribution in [0.5, 0.6) is 5.75 Å². The fourth-order valence-electron chi connectivity index (χ4n) is 3.44.